The van der Waals surface area contributed by atoms with E-state index in [2.05, 4.69) is 4.90 Å². The summed E-state index contributed by atoms with van der Waals surface area (Å²) < 4.78 is 0. The zero-order valence-corrected chi connectivity index (χ0v) is 8.76. The Hall–Kier alpha value is -1.06. The highest BCUT2D eigenvalue weighted by molar-refractivity contribution is 5.55. The summed E-state index contributed by atoms with van der Waals surface area (Å²) in [5, 5.41) is 18.3. The van der Waals surface area contributed by atoms with Crippen molar-refractivity contribution in [1.29, 1.82) is 0 Å². The summed E-state index contributed by atoms with van der Waals surface area (Å²) in [6.45, 7) is 0.878. The molecular formula is C12H17NO2. The van der Waals surface area contributed by atoms with E-state index in [0.717, 1.165) is 11.3 Å². The van der Waals surface area contributed by atoms with Crippen molar-refractivity contribution in [2.24, 2.45) is 0 Å². The van der Waals surface area contributed by atoms with E-state index in [-0.39, 0.29) is 13.2 Å². The molecule has 1 fully saturated rings. The van der Waals surface area contributed by atoms with Crippen LogP contribution >= 0.6 is 0 Å². The maximum Gasteiger partial charge on any atom is 0.0702 e. The maximum atomic E-state index is 9.25. The normalized spacial score (nSPS) is 15.3. The molecule has 1 aromatic carbocycles. The average Bonchev–Trinajstić information content (AvgIpc) is 3.10. The molecule has 0 bridgehead atoms. The fraction of sp³-hybridized carbons (Fsp3) is 0.500. The third kappa shape index (κ3) is 2.30. The fourth-order valence-corrected chi connectivity index (χ4v) is 1.92. The monoisotopic (exact) mass is 207 g/mol. The van der Waals surface area contributed by atoms with Crippen molar-refractivity contribution in [3.63, 3.8) is 0 Å². The first kappa shape index (κ1) is 10.5. The molecule has 3 nitrogen and oxygen atoms in total. The van der Waals surface area contributed by atoms with E-state index in [1.807, 2.05) is 24.3 Å². The first-order valence-electron chi connectivity index (χ1n) is 5.43. The van der Waals surface area contributed by atoms with Crippen molar-refractivity contribution in [3.05, 3.63) is 29.8 Å². The van der Waals surface area contributed by atoms with Crippen LogP contribution in [-0.2, 0) is 6.61 Å². The Kier molecular flexibility index (Phi) is 3.23. The molecule has 0 amide bonds. The molecule has 1 aliphatic carbocycles. The van der Waals surface area contributed by atoms with Crippen LogP contribution < -0.4 is 4.90 Å². The van der Waals surface area contributed by atoms with Gasteiger partial charge in [0.25, 0.3) is 0 Å². The first-order valence-corrected chi connectivity index (χ1v) is 5.43. The second kappa shape index (κ2) is 4.64. The van der Waals surface area contributed by atoms with Crippen molar-refractivity contribution < 1.29 is 10.2 Å². The lowest BCUT2D eigenvalue weighted by Gasteiger charge is -2.25. The molecule has 0 spiro atoms. The van der Waals surface area contributed by atoms with Gasteiger partial charge in [-0.1, -0.05) is 18.2 Å². The number of hydrogen-bond acceptors (Lipinski definition) is 3. The zero-order valence-electron chi connectivity index (χ0n) is 8.76. The van der Waals surface area contributed by atoms with Gasteiger partial charge in [-0.3, -0.25) is 0 Å². The van der Waals surface area contributed by atoms with E-state index in [0.29, 0.717) is 12.6 Å². The van der Waals surface area contributed by atoms with Crippen LogP contribution in [-0.4, -0.2) is 29.4 Å². The van der Waals surface area contributed by atoms with Crippen LogP contribution in [0.25, 0.3) is 0 Å². The summed E-state index contributed by atoms with van der Waals surface area (Å²) >= 11 is 0. The van der Waals surface area contributed by atoms with Crippen LogP contribution in [0.4, 0.5) is 5.69 Å². The van der Waals surface area contributed by atoms with Crippen molar-refractivity contribution in [1.82, 2.24) is 0 Å². The number of rotatable bonds is 5. The molecule has 1 saturated carbocycles. The summed E-state index contributed by atoms with van der Waals surface area (Å²) in [7, 11) is 0. The molecule has 1 aromatic rings. The Balaban J connectivity index is 2.23. The van der Waals surface area contributed by atoms with Gasteiger partial charge >= 0.3 is 0 Å². The quantitative estimate of drug-likeness (QED) is 0.761. The van der Waals surface area contributed by atoms with Crippen LogP contribution in [0.2, 0.25) is 0 Å². The minimum Gasteiger partial charge on any atom is -0.395 e. The number of aliphatic hydroxyl groups is 2. The lowest BCUT2D eigenvalue weighted by Crippen LogP contribution is -2.29. The lowest BCUT2D eigenvalue weighted by molar-refractivity contribution is 0.280. The Morgan fingerprint density at radius 3 is 2.53 bits per heavy atom. The SMILES string of the molecule is OCCN(c1ccccc1CO)C1CC1. The number of nitrogens with zero attached hydrogens (tertiary/aromatic N) is 1. The Bertz CT molecular complexity index is 323. The molecule has 0 radical (unpaired) electrons. The van der Waals surface area contributed by atoms with Crippen LogP contribution in [0.15, 0.2) is 24.3 Å². The average molecular weight is 207 g/mol. The van der Waals surface area contributed by atoms with E-state index in [1.165, 1.54) is 12.8 Å². The van der Waals surface area contributed by atoms with E-state index in [1.54, 1.807) is 0 Å². The van der Waals surface area contributed by atoms with E-state index in [4.69, 9.17) is 5.11 Å². The Morgan fingerprint density at radius 1 is 1.20 bits per heavy atom. The third-order valence-corrected chi connectivity index (χ3v) is 2.80. The standard InChI is InChI=1S/C12H17NO2/c14-8-7-13(11-5-6-11)12-4-2-1-3-10(12)9-15/h1-4,11,14-15H,5-9H2. The smallest absolute Gasteiger partial charge is 0.0702 e. The van der Waals surface area contributed by atoms with E-state index >= 15 is 0 Å². The third-order valence-electron chi connectivity index (χ3n) is 2.80. The molecule has 0 saturated heterocycles. The predicted molar refractivity (Wildman–Crippen MR) is 59.8 cm³/mol. The Morgan fingerprint density at radius 2 is 1.93 bits per heavy atom. The molecule has 0 unspecified atom stereocenters. The number of benzene rings is 1. The van der Waals surface area contributed by atoms with Gasteiger partial charge in [0.05, 0.1) is 13.2 Å². The highest BCUT2D eigenvalue weighted by atomic mass is 16.3. The van der Waals surface area contributed by atoms with Gasteiger partial charge in [0, 0.05) is 23.8 Å². The minimum absolute atomic E-state index is 0.0603. The first-order chi connectivity index (χ1) is 7.36. The van der Waals surface area contributed by atoms with Gasteiger partial charge in [-0.05, 0) is 18.9 Å². The van der Waals surface area contributed by atoms with Gasteiger partial charge in [0.2, 0.25) is 0 Å². The molecule has 1 aliphatic rings. The van der Waals surface area contributed by atoms with E-state index < -0.39 is 0 Å². The minimum atomic E-state index is 0.0603. The highest BCUT2D eigenvalue weighted by Gasteiger charge is 2.29. The summed E-state index contributed by atoms with van der Waals surface area (Å²) in [5.41, 5.74) is 2.01. The second-order valence-electron chi connectivity index (χ2n) is 3.94. The van der Waals surface area contributed by atoms with Gasteiger partial charge < -0.3 is 15.1 Å². The van der Waals surface area contributed by atoms with Crippen LogP contribution in [0, 0.1) is 0 Å². The number of aliphatic hydroxyl groups excluding tert-OH is 2. The van der Waals surface area contributed by atoms with Crippen molar-refractivity contribution in [2.45, 2.75) is 25.5 Å². The summed E-state index contributed by atoms with van der Waals surface area (Å²) in [6.07, 6.45) is 2.39. The van der Waals surface area contributed by atoms with Crippen molar-refractivity contribution in [2.75, 3.05) is 18.1 Å². The highest BCUT2D eigenvalue weighted by Crippen LogP contribution is 2.33. The molecule has 0 aromatic heterocycles. The zero-order chi connectivity index (χ0) is 10.7. The molecule has 3 heteroatoms. The summed E-state index contributed by atoms with van der Waals surface area (Å²) in [6, 6.07) is 8.41. The molecular weight excluding hydrogens is 190 g/mol. The van der Waals surface area contributed by atoms with E-state index in [9.17, 15) is 5.11 Å². The molecule has 2 rings (SSSR count). The molecule has 15 heavy (non-hydrogen) atoms. The molecule has 0 heterocycles. The van der Waals surface area contributed by atoms with Crippen molar-refractivity contribution in [3.8, 4) is 0 Å². The fourth-order valence-electron chi connectivity index (χ4n) is 1.92. The lowest BCUT2D eigenvalue weighted by atomic mass is 10.1. The van der Waals surface area contributed by atoms with Gasteiger partial charge in [-0.15, -0.1) is 0 Å². The Labute approximate surface area is 90.0 Å². The number of para-hydroxylation sites is 1. The van der Waals surface area contributed by atoms with Crippen LogP contribution in [0.5, 0.6) is 0 Å². The van der Waals surface area contributed by atoms with Gasteiger partial charge in [0.15, 0.2) is 0 Å². The predicted octanol–water partition coefficient (Wildman–Crippen LogP) is 1.14. The summed E-state index contributed by atoms with van der Waals surface area (Å²) in [5.74, 6) is 0. The van der Waals surface area contributed by atoms with Crippen LogP contribution in [0.3, 0.4) is 0 Å². The largest absolute Gasteiger partial charge is 0.395 e. The second-order valence-corrected chi connectivity index (χ2v) is 3.94. The summed E-state index contributed by atoms with van der Waals surface area (Å²) in [4.78, 5) is 2.20. The van der Waals surface area contributed by atoms with Gasteiger partial charge in [-0.25, -0.2) is 0 Å². The van der Waals surface area contributed by atoms with Crippen LogP contribution in [0.1, 0.15) is 18.4 Å². The molecule has 0 aliphatic heterocycles. The number of anilines is 1. The van der Waals surface area contributed by atoms with Gasteiger partial charge in [0.1, 0.15) is 0 Å². The molecule has 0 atom stereocenters. The molecule has 82 valence electrons. The van der Waals surface area contributed by atoms with Gasteiger partial charge in [-0.2, -0.15) is 0 Å². The number of hydrogen-bond donors (Lipinski definition) is 2. The topological polar surface area (TPSA) is 43.7 Å². The maximum absolute atomic E-state index is 9.25. The molecule has 2 N–H and O–H groups in total. The van der Waals surface area contributed by atoms with Crippen molar-refractivity contribution >= 4 is 5.69 Å².